The quantitative estimate of drug-likeness (QED) is 0.756. The summed E-state index contributed by atoms with van der Waals surface area (Å²) in [5, 5.41) is 10.5. The fraction of sp³-hybridized carbons (Fsp3) is 0.444. The summed E-state index contributed by atoms with van der Waals surface area (Å²) in [4.78, 5) is 12.1. The SMILES string of the molecule is Cc1cc(NC(=O)C2CCCN2)nn1CCCOc1ccc(F)cc1. The monoisotopic (exact) mass is 346 g/mol. The average Bonchev–Trinajstić information content (AvgIpc) is 3.24. The highest BCUT2D eigenvalue weighted by Gasteiger charge is 2.22. The van der Waals surface area contributed by atoms with Crippen LogP contribution in [-0.4, -0.2) is 34.9 Å². The van der Waals surface area contributed by atoms with Gasteiger partial charge in [0.1, 0.15) is 11.6 Å². The predicted molar refractivity (Wildman–Crippen MR) is 93.1 cm³/mol. The molecule has 0 radical (unpaired) electrons. The lowest BCUT2D eigenvalue weighted by atomic mass is 10.2. The van der Waals surface area contributed by atoms with Crippen LogP contribution in [0.5, 0.6) is 5.75 Å². The molecule has 0 spiro atoms. The largest absolute Gasteiger partial charge is 0.494 e. The second-order valence-electron chi connectivity index (χ2n) is 6.19. The highest BCUT2D eigenvalue weighted by molar-refractivity contribution is 5.94. The summed E-state index contributed by atoms with van der Waals surface area (Å²) in [7, 11) is 0. The number of hydrogen-bond acceptors (Lipinski definition) is 4. The lowest BCUT2D eigenvalue weighted by Crippen LogP contribution is -2.35. The van der Waals surface area contributed by atoms with E-state index in [0.29, 0.717) is 24.7 Å². The third-order valence-corrected chi connectivity index (χ3v) is 4.21. The van der Waals surface area contributed by atoms with E-state index >= 15 is 0 Å². The van der Waals surface area contributed by atoms with E-state index in [4.69, 9.17) is 4.74 Å². The van der Waals surface area contributed by atoms with Crippen LogP contribution in [0.4, 0.5) is 10.2 Å². The number of carbonyl (C=O) groups excluding carboxylic acids is 1. The van der Waals surface area contributed by atoms with Crippen LogP contribution >= 0.6 is 0 Å². The zero-order valence-corrected chi connectivity index (χ0v) is 14.3. The van der Waals surface area contributed by atoms with Gasteiger partial charge >= 0.3 is 0 Å². The predicted octanol–water partition coefficient (Wildman–Crippen LogP) is 2.49. The Hall–Kier alpha value is -2.41. The fourth-order valence-electron chi connectivity index (χ4n) is 2.85. The number of ether oxygens (including phenoxy) is 1. The minimum Gasteiger partial charge on any atom is -0.494 e. The van der Waals surface area contributed by atoms with Crippen LogP contribution in [0.25, 0.3) is 0 Å². The Morgan fingerprint density at radius 1 is 1.44 bits per heavy atom. The Morgan fingerprint density at radius 3 is 2.96 bits per heavy atom. The summed E-state index contributed by atoms with van der Waals surface area (Å²) in [5.74, 6) is 0.926. The molecule has 0 bridgehead atoms. The molecule has 3 rings (SSSR count). The number of rotatable bonds is 7. The van der Waals surface area contributed by atoms with Crippen molar-refractivity contribution in [2.24, 2.45) is 0 Å². The van der Waals surface area contributed by atoms with Gasteiger partial charge < -0.3 is 15.4 Å². The normalized spacial score (nSPS) is 16.8. The number of anilines is 1. The first-order valence-electron chi connectivity index (χ1n) is 8.59. The Kier molecular flexibility index (Phi) is 5.65. The van der Waals surface area contributed by atoms with Crippen molar-refractivity contribution < 1.29 is 13.9 Å². The summed E-state index contributed by atoms with van der Waals surface area (Å²) >= 11 is 0. The van der Waals surface area contributed by atoms with Crippen molar-refractivity contribution in [2.45, 2.75) is 38.8 Å². The molecule has 2 aromatic rings. The Balaban J connectivity index is 1.45. The molecule has 2 heterocycles. The first-order valence-corrected chi connectivity index (χ1v) is 8.59. The van der Waals surface area contributed by atoms with Crippen LogP contribution in [-0.2, 0) is 11.3 Å². The topological polar surface area (TPSA) is 68.2 Å². The number of nitrogens with one attached hydrogen (secondary N) is 2. The molecule has 1 aromatic carbocycles. The van der Waals surface area contributed by atoms with Gasteiger partial charge in [0.15, 0.2) is 5.82 Å². The Morgan fingerprint density at radius 2 is 2.24 bits per heavy atom. The smallest absolute Gasteiger partial charge is 0.242 e. The lowest BCUT2D eigenvalue weighted by molar-refractivity contribution is -0.117. The van der Waals surface area contributed by atoms with Gasteiger partial charge in [-0.15, -0.1) is 0 Å². The maximum Gasteiger partial charge on any atom is 0.242 e. The van der Waals surface area contributed by atoms with E-state index in [0.717, 1.165) is 31.5 Å². The third kappa shape index (κ3) is 4.79. The molecule has 0 saturated carbocycles. The van der Waals surface area contributed by atoms with Crippen LogP contribution in [0.1, 0.15) is 25.0 Å². The third-order valence-electron chi connectivity index (χ3n) is 4.21. The first kappa shape index (κ1) is 17.4. The zero-order valence-electron chi connectivity index (χ0n) is 14.3. The van der Waals surface area contributed by atoms with E-state index in [-0.39, 0.29) is 17.8 Å². The number of halogens is 1. The maximum atomic E-state index is 12.8. The van der Waals surface area contributed by atoms with E-state index in [9.17, 15) is 9.18 Å². The Bertz CT molecular complexity index is 708. The van der Waals surface area contributed by atoms with Crippen LogP contribution in [0.2, 0.25) is 0 Å². The number of nitrogens with zero attached hydrogens (tertiary/aromatic N) is 2. The van der Waals surface area contributed by atoms with Gasteiger partial charge in [0.2, 0.25) is 5.91 Å². The summed E-state index contributed by atoms with van der Waals surface area (Å²) in [5.41, 5.74) is 0.983. The molecule has 1 aliphatic rings. The highest BCUT2D eigenvalue weighted by atomic mass is 19.1. The average molecular weight is 346 g/mol. The van der Waals surface area contributed by atoms with Gasteiger partial charge in [0.25, 0.3) is 0 Å². The highest BCUT2D eigenvalue weighted by Crippen LogP contribution is 2.14. The summed E-state index contributed by atoms with van der Waals surface area (Å²) in [6, 6.07) is 7.73. The van der Waals surface area contributed by atoms with Crippen molar-refractivity contribution in [1.29, 1.82) is 0 Å². The number of aromatic nitrogens is 2. The molecular weight excluding hydrogens is 323 g/mol. The van der Waals surface area contributed by atoms with E-state index < -0.39 is 0 Å². The molecule has 25 heavy (non-hydrogen) atoms. The zero-order chi connectivity index (χ0) is 17.6. The van der Waals surface area contributed by atoms with Gasteiger partial charge in [-0.25, -0.2) is 4.39 Å². The minimum atomic E-state index is -0.276. The van der Waals surface area contributed by atoms with E-state index in [1.54, 1.807) is 12.1 Å². The molecule has 1 aliphatic heterocycles. The van der Waals surface area contributed by atoms with E-state index in [1.807, 2.05) is 17.7 Å². The second-order valence-corrected chi connectivity index (χ2v) is 6.19. The van der Waals surface area contributed by atoms with Gasteiger partial charge in [-0.2, -0.15) is 5.10 Å². The number of carbonyl (C=O) groups is 1. The summed E-state index contributed by atoms with van der Waals surface area (Å²) in [6.07, 6.45) is 2.66. The number of aryl methyl sites for hydroxylation is 2. The molecule has 1 unspecified atom stereocenters. The van der Waals surface area contributed by atoms with Crippen LogP contribution in [0, 0.1) is 12.7 Å². The number of hydrogen-bond donors (Lipinski definition) is 2. The molecule has 1 aromatic heterocycles. The number of benzene rings is 1. The lowest BCUT2D eigenvalue weighted by Gasteiger charge is -2.09. The first-order chi connectivity index (χ1) is 12.1. The molecule has 0 aliphatic carbocycles. The van der Waals surface area contributed by atoms with Gasteiger partial charge in [0.05, 0.1) is 12.6 Å². The molecule has 6 nitrogen and oxygen atoms in total. The van der Waals surface area contributed by atoms with Gasteiger partial charge in [-0.3, -0.25) is 9.48 Å². The van der Waals surface area contributed by atoms with E-state index in [1.165, 1.54) is 12.1 Å². The van der Waals surface area contributed by atoms with Gasteiger partial charge in [-0.1, -0.05) is 0 Å². The fourth-order valence-corrected chi connectivity index (χ4v) is 2.85. The standard InChI is InChI=1S/C18H23FN4O2/c1-13-12-17(21-18(24)16-4-2-9-20-16)22-23(13)10-3-11-25-15-7-5-14(19)6-8-15/h5-8,12,16,20H,2-4,9-11H2,1H3,(H,21,22,24). The van der Waals surface area contributed by atoms with Crippen molar-refractivity contribution in [1.82, 2.24) is 15.1 Å². The Labute approximate surface area is 146 Å². The van der Waals surface area contributed by atoms with Crippen LogP contribution in [0.15, 0.2) is 30.3 Å². The molecular formula is C18H23FN4O2. The number of amides is 1. The summed E-state index contributed by atoms with van der Waals surface area (Å²) < 4.78 is 20.3. The summed E-state index contributed by atoms with van der Waals surface area (Å²) in [6.45, 7) is 4.04. The molecule has 1 fully saturated rings. The molecule has 1 atom stereocenters. The molecule has 7 heteroatoms. The van der Waals surface area contributed by atoms with Crippen molar-refractivity contribution in [3.63, 3.8) is 0 Å². The second kappa shape index (κ2) is 8.11. The van der Waals surface area contributed by atoms with E-state index in [2.05, 4.69) is 15.7 Å². The molecule has 2 N–H and O–H groups in total. The van der Waals surface area contributed by atoms with Crippen molar-refractivity contribution in [2.75, 3.05) is 18.5 Å². The molecule has 1 amide bonds. The van der Waals surface area contributed by atoms with Crippen molar-refractivity contribution >= 4 is 11.7 Å². The van der Waals surface area contributed by atoms with Crippen molar-refractivity contribution in [3.05, 3.63) is 41.8 Å². The molecule has 1 saturated heterocycles. The van der Waals surface area contributed by atoms with Crippen LogP contribution < -0.4 is 15.4 Å². The van der Waals surface area contributed by atoms with Gasteiger partial charge in [-0.05, 0) is 50.6 Å². The maximum absolute atomic E-state index is 12.8. The minimum absolute atomic E-state index is 0.0261. The van der Waals surface area contributed by atoms with Gasteiger partial charge in [0, 0.05) is 24.7 Å². The van der Waals surface area contributed by atoms with Crippen LogP contribution in [0.3, 0.4) is 0 Å². The van der Waals surface area contributed by atoms with Crippen molar-refractivity contribution in [3.8, 4) is 5.75 Å². The molecule has 134 valence electrons.